The predicted molar refractivity (Wildman–Crippen MR) is 310 cm³/mol. The van der Waals surface area contributed by atoms with Crippen LogP contribution < -0.4 is 15.6 Å². The van der Waals surface area contributed by atoms with Crippen molar-refractivity contribution in [2.24, 2.45) is 11.3 Å². The molecular weight excluding hydrogens is 1070 g/mol. The molecule has 2 aromatic heterocycles. The number of aromatic nitrogens is 2. The molecule has 83 heavy (non-hydrogen) atoms. The van der Waals surface area contributed by atoms with Crippen molar-refractivity contribution in [3.8, 4) is 34.2 Å². The van der Waals surface area contributed by atoms with Crippen molar-refractivity contribution in [1.82, 2.24) is 44.9 Å². The number of likely N-dealkylation sites (N-methyl/N-ethyl adjacent to an activating group) is 2. The fourth-order valence-corrected chi connectivity index (χ4v) is 11.6. The van der Waals surface area contributed by atoms with E-state index in [0.29, 0.717) is 76.0 Å². The van der Waals surface area contributed by atoms with E-state index >= 15 is 17.6 Å². The van der Waals surface area contributed by atoms with Crippen LogP contribution in [-0.4, -0.2) is 187 Å². The van der Waals surface area contributed by atoms with Gasteiger partial charge in [0, 0.05) is 101 Å². The van der Waals surface area contributed by atoms with Gasteiger partial charge in [0.1, 0.15) is 24.7 Å². The first kappa shape index (κ1) is 62.4. The van der Waals surface area contributed by atoms with Crippen LogP contribution in [0.5, 0.6) is 0 Å². The number of fused-ring (bicyclic) bond motifs is 6. The van der Waals surface area contributed by atoms with Gasteiger partial charge >= 0.3 is 12.1 Å². The Kier molecular flexibility index (Phi) is 18.8. The summed E-state index contributed by atoms with van der Waals surface area (Å²) in [5.74, 6) is 1.77. The molecule has 0 spiro atoms. The van der Waals surface area contributed by atoms with Crippen LogP contribution in [0.3, 0.4) is 0 Å². The maximum atomic E-state index is 16.9. The summed E-state index contributed by atoms with van der Waals surface area (Å²) in [7, 11) is 8.64. The number of benzene rings is 2. The van der Waals surface area contributed by atoms with Crippen LogP contribution in [0.1, 0.15) is 97.1 Å². The fourth-order valence-electron chi connectivity index (χ4n) is 11.6. The molecule has 4 amide bonds. The Labute approximate surface area is 485 Å². The average molecular weight is 1160 g/mol. The van der Waals surface area contributed by atoms with Gasteiger partial charge in [0.2, 0.25) is 5.91 Å². The van der Waals surface area contributed by atoms with Crippen LogP contribution in [0.2, 0.25) is 0 Å². The van der Waals surface area contributed by atoms with Crippen molar-refractivity contribution >= 4 is 46.2 Å². The third kappa shape index (κ3) is 14.2. The van der Waals surface area contributed by atoms with Gasteiger partial charge in [-0.25, -0.2) is 9.82 Å². The molecule has 450 valence electrons. The third-order valence-electron chi connectivity index (χ3n) is 17.0. The Morgan fingerprint density at radius 3 is 2.29 bits per heavy atom. The Morgan fingerprint density at radius 1 is 0.952 bits per heavy atom. The predicted octanol–water partition coefficient (Wildman–Crippen LogP) is 7.20. The Hall–Kier alpha value is -6.60. The minimum absolute atomic E-state index is 0.0607. The lowest BCUT2D eigenvalue weighted by atomic mass is 9.84. The molecule has 4 aromatic rings. The number of likely N-dealkylation sites (tertiary alicyclic amines) is 1. The van der Waals surface area contributed by atoms with E-state index in [1.807, 2.05) is 84.9 Å². The number of pyridine rings is 1. The zero-order valence-electron chi connectivity index (χ0n) is 50.1. The molecule has 3 fully saturated rings. The molecule has 4 aliphatic heterocycles. The highest BCUT2D eigenvalue weighted by Gasteiger charge is 2.48. The molecule has 21 heteroatoms. The van der Waals surface area contributed by atoms with Crippen LogP contribution >= 0.6 is 0 Å². The number of carbonyl (C=O) groups excluding carboxylic acids is 5. The number of nitrogens with zero attached hydrogens (tertiary/aromatic N) is 8. The maximum Gasteiger partial charge on any atom is 0.406 e. The second-order valence-electron chi connectivity index (χ2n) is 24.8. The summed E-state index contributed by atoms with van der Waals surface area (Å²) >= 11 is 0. The second-order valence-corrected chi connectivity index (χ2v) is 24.8. The normalized spacial score (nSPS) is 20.8. The number of carbonyl (C=O) groups is 5. The van der Waals surface area contributed by atoms with Gasteiger partial charge < -0.3 is 39.0 Å². The summed E-state index contributed by atoms with van der Waals surface area (Å²) in [6, 6.07) is 11.1. The number of rotatable bonds is 11. The van der Waals surface area contributed by atoms with Crippen molar-refractivity contribution in [1.29, 1.82) is 0 Å². The first-order chi connectivity index (χ1) is 39.0. The SMILES string of the molecule is CO[C@@H](C)c1ncc(N2CCN(C)CC2)cc1-c1c2c3cc(ccc3n1CC(F)(F)F)-c1cccc(c1)C[C@H](NC(=O)C(C(C)C)N(C)C(=O)C1(F)CCN(C(=O)C#CC(C)(C)N(C)C)CC1)C(=O)N1CCC[C@H](N1)C(=O)OCC(C)(C)C2. The van der Waals surface area contributed by atoms with Crippen LogP contribution in [0, 0.1) is 23.2 Å². The zero-order chi connectivity index (χ0) is 60.5. The molecule has 2 aromatic carbocycles. The first-order valence-electron chi connectivity index (χ1n) is 28.8. The van der Waals surface area contributed by atoms with E-state index in [2.05, 4.69) is 32.4 Å². The number of amides is 4. The van der Waals surface area contributed by atoms with Crippen LogP contribution in [0.25, 0.3) is 33.3 Å². The average Bonchev–Trinajstić information content (AvgIpc) is 3.84. The number of hydrazine groups is 1. The van der Waals surface area contributed by atoms with Gasteiger partial charge in [-0.2, -0.15) is 13.2 Å². The molecule has 3 saturated heterocycles. The van der Waals surface area contributed by atoms with Gasteiger partial charge in [0.05, 0.1) is 41.5 Å². The minimum atomic E-state index is -4.64. The Bertz CT molecular complexity index is 3130. The van der Waals surface area contributed by atoms with Crippen LogP contribution in [0.15, 0.2) is 54.7 Å². The number of halogens is 4. The number of ether oxygens (including phenoxy) is 2. The molecule has 6 bridgehead atoms. The molecular formula is C62H82F4N10O7. The molecule has 4 aliphatic rings. The third-order valence-corrected chi connectivity index (χ3v) is 17.0. The Balaban J connectivity index is 1.17. The van der Waals surface area contributed by atoms with E-state index in [9.17, 15) is 24.0 Å². The lowest BCUT2D eigenvalue weighted by Gasteiger charge is -2.40. The van der Waals surface area contributed by atoms with Gasteiger partial charge in [0.25, 0.3) is 17.7 Å². The van der Waals surface area contributed by atoms with E-state index in [4.69, 9.17) is 14.5 Å². The van der Waals surface area contributed by atoms with E-state index in [1.54, 1.807) is 44.3 Å². The van der Waals surface area contributed by atoms with Crippen molar-refractivity contribution in [2.45, 2.75) is 135 Å². The smallest absolute Gasteiger partial charge is 0.406 e. The summed E-state index contributed by atoms with van der Waals surface area (Å²) in [5.41, 5.74) is 4.19. The number of methoxy groups -OCH3 is 1. The summed E-state index contributed by atoms with van der Waals surface area (Å²) < 4.78 is 75.6. The van der Waals surface area contributed by atoms with Crippen molar-refractivity contribution < 1.29 is 51.0 Å². The van der Waals surface area contributed by atoms with E-state index in [-0.39, 0.29) is 51.9 Å². The highest BCUT2D eigenvalue weighted by atomic mass is 19.4. The van der Waals surface area contributed by atoms with Crippen molar-refractivity contribution in [3.05, 3.63) is 71.5 Å². The number of hydrogen-bond donors (Lipinski definition) is 2. The molecule has 17 nitrogen and oxygen atoms in total. The number of piperazine rings is 1. The summed E-state index contributed by atoms with van der Waals surface area (Å²) in [6.45, 7) is 14.4. The van der Waals surface area contributed by atoms with Crippen LogP contribution in [-0.2, 0) is 52.8 Å². The van der Waals surface area contributed by atoms with E-state index in [1.165, 1.54) is 28.6 Å². The molecule has 6 heterocycles. The second kappa shape index (κ2) is 24.9. The number of cyclic esters (lactones) is 1. The number of piperidine rings is 1. The molecule has 8 rings (SSSR count). The fraction of sp³-hybridized carbons (Fsp3) is 0.581. The lowest BCUT2D eigenvalue weighted by molar-refractivity contribution is -0.156. The quantitative estimate of drug-likeness (QED) is 0.0884. The van der Waals surface area contributed by atoms with Gasteiger partial charge in [0.15, 0.2) is 5.67 Å². The monoisotopic (exact) mass is 1150 g/mol. The van der Waals surface area contributed by atoms with Gasteiger partial charge in [-0.3, -0.25) is 38.9 Å². The van der Waals surface area contributed by atoms with E-state index < -0.39 is 89.1 Å². The number of hydrogen-bond acceptors (Lipinski definition) is 12. The van der Waals surface area contributed by atoms with Crippen molar-refractivity contribution in [2.75, 3.05) is 92.6 Å². The van der Waals surface area contributed by atoms with E-state index in [0.717, 1.165) is 23.7 Å². The summed E-state index contributed by atoms with van der Waals surface area (Å²) in [6.07, 6.45) is -3.27. The summed E-state index contributed by atoms with van der Waals surface area (Å²) in [5, 5.41) is 4.80. The molecule has 4 atom stereocenters. The standard InChI is InChI=1S/C62H82F4N10O7/c1-39(2)53(72(11)58(81)61(63)22-25-74(26-23-61)51(77)20-21-60(6,7)70(8)9)55(78)68-49-32-41-15-13-16-42(31-41)43-18-19-50-45(33-43)47(35-59(4,5)38-83-57(80)48-17-14-24-76(69-48)56(49)79)54(75(50)37-62(64,65)66)46-34-44(36-67-52(46)40(3)82-12)73-29-27-71(10)28-30-73/h13,15-16,18-19,31,33-34,36,39-40,48-49,53,69H,14,17,22-30,32,35,37-38H2,1-12H3,(H,68,78)/t40-,48-,49-,53?/m0/s1. The Morgan fingerprint density at radius 2 is 1.64 bits per heavy atom. The van der Waals surface area contributed by atoms with Gasteiger partial charge in [-0.1, -0.05) is 63.9 Å². The zero-order valence-corrected chi connectivity index (χ0v) is 50.1. The van der Waals surface area contributed by atoms with Crippen molar-refractivity contribution in [3.63, 3.8) is 0 Å². The van der Waals surface area contributed by atoms with Gasteiger partial charge in [-0.15, -0.1) is 0 Å². The molecule has 1 unspecified atom stereocenters. The number of alkyl halides is 4. The molecule has 0 radical (unpaired) electrons. The van der Waals surface area contributed by atoms with Crippen LogP contribution in [0.4, 0.5) is 23.2 Å². The van der Waals surface area contributed by atoms with Gasteiger partial charge in [-0.05, 0) is 113 Å². The molecule has 0 aliphatic carbocycles. The lowest BCUT2D eigenvalue weighted by Crippen LogP contribution is -2.63. The maximum absolute atomic E-state index is 16.9. The topological polar surface area (TPSA) is 165 Å². The molecule has 0 saturated carbocycles. The number of esters is 1. The number of anilines is 1. The highest BCUT2D eigenvalue weighted by Crippen LogP contribution is 2.44. The largest absolute Gasteiger partial charge is 0.464 e. The molecule has 2 N–H and O–H groups in total. The summed E-state index contributed by atoms with van der Waals surface area (Å²) in [4.78, 5) is 84.9. The first-order valence-corrected chi connectivity index (χ1v) is 28.8. The highest BCUT2D eigenvalue weighted by molar-refractivity contribution is 5.97. The minimum Gasteiger partial charge on any atom is -0.464 e. The number of nitrogens with one attached hydrogen (secondary N) is 2.